The summed E-state index contributed by atoms with van der Waals surface area (Å²) >= 11 is 0. The summed E-state index contributed by atoms with van der Waals surface area (Å²) in [6, 6.07) is 12.6. The maximum atomic E-state index is 12.8. The quantitative estimate of drug-likeness (QED) is 0.651. The molecular weight excluding hydrogens is 356 g/mol. The highest BCUT2D eigenvalue weighted by Gasteiger charge is 2.22. The number of pyridine rings is 1. The lowest BCUT2D eigenvalue weighted by atomic mass is 10.1. The fraction of sp³-hybridized carbons (Fsp3) is 0.318. The number of ether oxygens (including phenoxy) is 1. The summed E-state index contributed by atoms with van der Waals surface area (Å²) in [6.45, 7) is 7.93. The maximum absolute atomic E-state index is 12.8. The van der Waals surface area contributed by atoms with Crippen LogP contribution in [0.1, 0.15) is 36.9 Å². The number of benzene rings is 1. The molecule has 1 aromatic carbocycles. The summed E-state index contributed by atoms with van der Waals surface area (Å²) < 4.78 is 11.1. The van der Waals surface area contributed by atoms with Crippen LogP contribution in [-0.4, -0.2) is 29.5 Å². The monoisotopic (exact) mass is 380 g/mol. The molecule has 3 aromatic rings. The highest BCUT2D eigenvalue weighted by Crippen LogP contribution is 2.27. The number of nitrogens with one attached hydrogen (secondary N) is 1. The molecule has 3 rings (SSSR count). The van der Waals surface area contributed by atoms with E-state index in [0.717, 1.165) is 5.76 Å². The van der Waals surface area contributed by atoms with Crippen LogP contribution in [-0.2, 0) is 9.53 Å². The largest absolute Gasteiger partial charge is 0.460 e. The van der Waals surface area contributed by atoms with Crippen LogP contribution in [0.3, 0.4) is 0 Å². The molecule has 0 radical (unpaired) electrons. The fourth-order valence-electron chi connectivity index (χ4n) is 2.77. The molecule has 1 atom stereocenters. The van der Waals surface area contributed by atoms with E-state index in [0.29, 0.717) is 40.4 Å². The second-order valence-corrected chi connectivity index (χ2v) is 7.17. The van der Waals surface area contributed by atoms with Crippen LogP contribution in [0.15, 0.2) is 46.9 Å². The van der Waals surface area contributed by atoms with Crippen molar-refractivity contribution in [3.8, 4) is 11.5 Å². The number of para-hydroxylation sites is 1. The summed E-state index contributed by atoms with van der Waals surface area (Å²) in [4.78, 5) is 29.6. The van der Waals surface area contributed by atoms with Crippen LogP contribution in [0.4, 0.5) is 0 Å². The van der Waals surface area contributed by atoms with Crippen LogP contribution < -0.4 is 5.32 Å². The lowest BCUT2D eigenvalue weighted by Crippen LogP contribution is -2.37. The third-order valence-corrected chi connectivity index (χ3v) is 4.27. The summed E-state index contributed by atoms with van der Waals surface area (Å²) in [5, 5.41) is 3.43. The number of aromatic nitrogens is 1. The van der Waals surface area contributed by atoms with Gasteiger partial charge in [0.05, 0.1) is 11.1 Å². The van der Waals surface area contributed by atoms with Crippen LogP contribution in [0, 0.1) is 12.8 Å². The third-order valence-electron chi connectivity index (χ3n) is 4.27. The van der Waals surface area contributed by atoms with Crippen LogP contribution in [0.5, 0.6) is 0 Å². The Morgan fingerprint density at radius 2 is 1.89 bits per heavy atom. The summed E-state index contributed by atoms with van der Waals surface area (Å²) in [6.07, 6.45) is -0.896. The molecule has 6 nitrogen and oxygen atoms in total. The first-order valence-electron chi connectivity index (χ1n) is 9.30. The van der Waals surface area contributed by atoms with E-state index < -0.39 is 12.1 Å². The van der Waals surface area contributed by atoms with Gasteiger partial charge in [0.15, 0.2) is 11.9 Å². The van der Waals surface area contributed by atoms with E-state index in [1.54, 1.807) is 19.1 Å². The van der Waals surface area contributed by atoms with Crippen molar-refractivity contribution >= 4 is 22.8 Å². The minimum absolute atomic E-state index is 0.315. The Labute approximate surface area is 163 Å². The van der Waals surface area contributed by atoms with Gasteiger partial charge >= 0.3 is 5.97 Å². The molecule has 2 aromatic heterocycles. The van der Waals surface area contributed by atoms with E-state index in [9.17, 15) is 9.59 Å². The number of furan rings is 1. The van der Waals surface area contributed by atoms with Gasteiger partial charge in [0, 0.05) is 11.9 Å². The molecule has 0 bridgehead atoms. The zero-order chi connectivity index (χ0) is 20.3. The van der Waals surface area contributed by atoms with E-state index >= 15 is 0 Å². The molecule has 0 spiro atoms. The van der Waals surface area contributed by atoms with E-state index in [1.165, 1.54) is 0 Å². The fourth-order valence-corrected chi connectivity index (χ4v) is 2.77. The van der Waals surface area contributed by atoms with Gasteiger partial charge in [0.2, 0.25) is 0 Å². The van der Waals surface area contributed by atoms with Gasteiger partial charge in [0.25, 0.3) is 5.91 Å². The van der Waals surface area contributed by atoms with Crippen LogP contribution in [0.25, 0.3) is 22.4 Å². The molecule has 0 saturated heterocycles. The van der Waals surface area contributed by atoms with Gasteiger partial charge in [-0.25, -0.2) is 9.78 Å². The number of hydrogen-bond donors (Lipinski definition) is 1. The molecule has 0 fully saturated rings. The average molecular weight is 380 g/mol. The van der Waals surface area contributed by atoms with Gasteiger partial charge in [-0.15, -0.1) is 0 Å². The predicted molar refractivity (Wildman–Crippen MR) is 107 cm³/mol. The first-order valence-corrected chi connectivity index (χ1v) is 9.30. The molecule has 0 saturated carbocycles. The number of aryl methyl sites for hydroxylation is 1. The maximum Gasteiger partial charge on any atom is 0.339 e. The Balaban J connectivity index is 1.90. The predicted octanol–water partition coefficient (Wildman–Crippen LogP) is 4.12. The second kappa shape index (κ2) is 8.25. The Kier molecular flexibility index (Phi) is 5.78. The number of carbonyl (C=O) groups excluding carboxylic acids is 2. The van der Waals surface area contributed by atoms with E-state index in [2.05, 4.69) is 10.3 Å². The Hall–Kier alpha value is -3.15. The molecule has 2 heterocycles. The van der Waals surface area contributed by atoms with Gasteiger partial charge in [-0.1, -0.05) is 32.0 Å². The summed E-state index contributed by atoms with van der Waals surface area (Å²) in [5.74, 6) is 0.748. The number of amides is 1. The van der Waals surface area contributed by atoms with Crippen LogP contribution in [0.2, 0.25) is 0 Å². The Morgan fingerprint density at radius 3 is 2.57 bits per heavy atom. The molecule has 6 heteroatoms. The van der Waals surface area contributed by atoms with Crippen molar-refractivity contribution < 1.29 is 18.7 Å². The molecule has 146 valence electrons. The normalized spacial score (nSPS) is 12.2. The van der Waals surface area contributed by atoms with E-state index in [-0.39, 0.29) is 5.91 Å². The number of rotatable bonds is 6. The first-order chi connectivity index (χ1) is 13.3. The molecule has 0 aliphatic carbocycles. The molecule has 1 N–H and O–H groups in total. The van der Waals surface area contributed by atoms with Gasteiger partial charge in [-0.3, -0.25) is 4.79 Å². The first kappa shape index (κ1) is 19.6. The van der Waals surface area contributed by atoms with Gasteiger partial charge in [0.1, 0.15) is 11.5 Å². The summed E-state index contributed by atoms with van der Waals surface area (Å²) in [7, 11) is 0. The molecule has 28 heavy (non-hydrogen) atoms. The van der Waals surface area contributed by atoms with Crippen molar-refractivity contribution in [2.75, 3.05) is 6.54 Å². The molecule has 0 aliphatic rings. The minimum atomic E-state index is -0.896. The third kappa shape index (κ3) is 4.39. The number of nitrogens with zero attached hydrogens (tertiary/aromatic N) is 1. The van der Waals surface area contributed by atoms with E-state index in [1.807, 2.05) is 51.1 Å². The van der Waals surface area contributed by atoms with Crippen LogP contribution >= 0.6 is 0 Å². The number of fused-ring (bicyclic) bond motifs is 1. The lowest BCUT2D eigenvalue weighted by Gasteiger charge is -2.15. The second-order valence-electron chi connectivity index (χ2n) is 7.17. The minimum Gasteiger partial charge on any atom is -0.460 e. The smallest absolute Gasteiger partial charge is 0.339 e. The highest BCUT2D eigenvalue weighted by atomic mass is 16.5. The molecular formula is C22H24N2O4. The number of carbonyl (C=O) groups is 2. The Morgan fingerprint density at radius 1 is 1.14 bits per heavy atom. The summed E-state index contributed by atoms with van der Waals surface area (Å²) in [5.41, 5.74) is 1.53. The average Bonchev–Trinajstić information content (AvgIpc) is 3.11. The Bertz CT molecular complexity index is 1010. The van der Waals surface area contributed by atoms with Crippen molar-refractivity contribution in [3.05, 3.63) is 53.8 Å². The molecule has 1 amide bonds. The zero-order valence-electron chi connectivity index (χ0n) is 16.5. The molecule has 0 unspecified atom stereocenters. The van der Waals surface area contributed by atoms with Gasteiger partial charge in [-0.05, 0) is 44.0 Å². The van der Waals surface area contributed by atoms with Crippen molar-refractivity contribution in [1.29, 1.82) is 0 Å². The topological polar surface area (TPSA) is 81.4 Å². The van der Waals surface area contributed by atoms with Gasteiger partial charge < -0.3 is 14.5 Å². The highest BCUT2D eigenvalue weighted by molar-refractivity contribution is 6.05. The van der Waals surface area contributed by atoms with E-state index in [4.69, 9.17) is 9.15 Å². The van der Waals surface area contributed by atoms with Crippen molar-refractivity contribution in [2.45, 2.75) is 33.8 Å². The van der Waals surface area contributed by atoms with Gasteiger partial charge in [-0.2, -0.15) is 0 Å². The van der Waals surface area contributed by atoms with Crippen molar-refractivity contribution in [1.82, 2.24) is 10.3 Å². The SMILES string of the molecule is Cc1ccc(-c2cc(C(=O)O[C@@H](C)C(=O)NCC(C)C)c3ccccc3n2)o1. The molecule has 0 aliphatic heterocycles. The number of hydrogen-bond acceptors (Lipinski definition) is 5. The standard InChI is InChI=1S/C22H24N2O4/c1-13(2)12-23-21(25)15(4)28-22(26)17-11-19(20-10-9-14(3)27-20)24-18-8-6-5-7-16(17)18/h5-11,13,15H,12H2,1-4H3,(H,23,25)/t15-/m0/s1. The number of esters is 1. The lowest BCUT2D eigenvalue weighted by molar-refractivity contribution is -0.129. The van der Waals surface area contributed by atoms with Crippen molar-refractivity contribution in [3.63, 3.8) is 0 Å². The zero-order valence-corrected chi connectivity index (χ0v) is 16.5. The van der Waals surface area contributed by atoms with Crippen molar-refractivity contribution in [2.24, 2.45) is 5.92 Å².